The van der Waals surface area contributed by atoms with Crippen molar-refractivity contribution in [3.63, 3.8) is 0 Å². The highest BCUT2D eigenvalue weighted by atomic mass is 16.5. The number of aryl methyl sites for hydroxylation is 1. The Morgan fingerprint density at radius 2 is 2.43 bits per heavy atom. The average Bonchev–Trinajstić information content (AvgIpc) is 2.18. The van der Waals surface area contributed by atoms with Crippen LogP contribution in [0, 0.1) is 6.92 Å². The molecule has 1 aromatic heterocycles. The van der Waals surface area contributed by atoms with Crippen molar-refractivity contribution in [1.29, 1.82) is 0 Å². The molecule has 14 heavy (non-hydrogen) atoms. The number of carbonyl (C=O) groups is 1. The molecule has 0 saturated heterocycles. The number of rotatable bonds is 3. The number of hydrogen-bond acceptors (Lipinski definition) is 4. The molecule has 0 saturated carbocycles. The maximum atomic E-state index is 10.9. The van der Waals surface area contributed by atoms with Crippen molar-refractivity contribution >= 4 is 5.97 Å². The van der Waals surface area contributed by atoms with Crippen LogP contribution in [0.5, 0.6) is 0 Å². The van der Waals surface area contributed by atoms with E-state index in [-0.39, 0.29) is 6.42 Å². The summed E-state index contributed by atoms with van der Waals surface area (Å²) in [7, 11) is 1.29. The van der Waals surface area contributed by atoms with Crippen molar-refractivity contribution in [1.82, 2.24) is 4.98 Å². The Hall–Kier alpha value is -1.42. The molecule has 0 bridgehead atoms. The van der Waals surface area contributed by atoms with Crippen molar-refractivity contribution in [2.45, 2.75) is 19.4 Å². The van der Waals surface area contributed by atoms with Gasteiger partial charge in [-0.25, -0.2) is 0 Å². The zero-order chi connectivity index (χ0) is 10.6. The van der Waals surface area contributed by atoms with Crippen LogP contribution in [-0.4, -0.2) is 23.2 Å². The Balaban J connectivity index is 2.74. The molecule has 1 rings (SSSR count). The Morgan fingerprint density at radius 3 is 3.00 bits per heavy atom. The monoisotopic (exact) mass is 195 g/mol. The number of esters is 1. The third-order valence-electron chi connectivity index (χ3n) is 1.95. The third-order valence-corrected chi connectivity index (χ3v) is 1.95. The van der Waals surface area contributed by atoms with Crippen molar-refractivity contribution < 1.29 is 14.6 Å². The van der Waals surface area contributed by atoms with E-state index in [1.54, 1.807) is 12.3 Å². The molecule has 1 atom stereocenters. The van der Waals surface area contributed by atoms with Crippen LogP contribution >= 0.6 is 0 Å². The fourth-order valence-corrected chi connectivity index (χ4v) is 1.18. The number of aliphatic hydroxyl groups is 1. The summed E-state index contributed by atoms with van der Waals surface area (Å²) in [5, 5.41) is 9.64. The fourth-order valence-electron chi connectivity index (χ4n) is 1.18. The number of aliphatic hydroxyl groups excluding tert-OH is 1. The molecule has 0 unspecified atom stereocenters. The minimum absolute atomic E-state index is 0.0612. The number of hydrogen-bond donors (Lipinski definition) is 1. The molecule has 0 fully saturated rings. The molecule has 1 aromatic rings. The maximum absolute atomic E-state index is 10.9. The number of pyridine rings is 1. The molecule has 4 heteroatoms. The summed E-state index contributed by atoms with van der Waals surface area (Å²) in [6, 6.07) is 3.62. The summed E-state index contributed by atoms with van der Waals surface area (Å²) in [6.45, 7) is 1.84. The molecule has 4 nitrogen and oxygen atoms in total. The number of aromatic nitrogens is 1. The van der Waals surface area contributed by atoms with E-state index in [1.165, 1.54) is 7.11 Å². The summed E-state index contributed by atoms with van der Waals surface area (Å²) >= 11 is 0. The third kappa shape index (κ3) is 2.53. The number of nitrogens with zero attached hydrogens (tertiary/aromatic N) is 1. The number of ether oxygens (including phenoxy) is 1. The topological polar surface area (TPSA) is 59.4 Å². The van der Waals surface area contributed by atoms with Gasteiger partial charge in [-0.05, 0) is 18.6 Å². The fraction of sp³-hybridized carbons (Fsp3) is 0.400. The molecule has 0 radical (unpaired) electrons. The Morgan fingerprint density at radius 1 is 1.71 bits per heavy atom. The Bertz CT molecular complexity index is 325. The highest BCUT2D eigenvalue weighted by Gasteiger charge is 2.15. The Labute approximate surface area is 82.5 Å². The molecule has 0 aromatic carbocycles. The van der Waals surface area contributed by atoms with Crippen LogP contribution in [-0.2, 0) is 9.53 Å². The van der Waals surface area contributed by atoms with Crippen LogP contribution in [0.15, 0.2) is 18.3 Å². The van der Waals surface area contributed by atoms with E-state index in [1.807, 2.05) is 13.0 Å². The lowest BCUT2D eigenvalue weighted by Crippen LogP contribution is -2.10. The molecule has 0 spiro atoms. The van der Waals surface area contributed by atoms with E-state index in [0.717, 1.165) is 5.56 Å². The second-order valence-corrected chi connectivity index (χ2v) is 3.00. The Kier molecular flexibility index (Phi) is 3.59. The number of carbonyl (C=O) groups excluding carboxylic acids is 1. The standard InChI is InChI=1S/C10H13NO3/c1-7-4-3-5-11-10(7)8(12)6-9(13)14-2/h3-5,8,12H,6H2,1-2H3/t8-/m0/s1. The van der Waals surface area contributed by atoms with Gasteiger partial charge in [0.2, 0.25) is 0 Å². The first-order valence-corrected chi connectivity index (χ1v) is 4.31. The lowest BCUT2D eigenvalue weighted by Gasteiger charge is -2.10. The average molecular weight is 195 g/mol. The van der Waals surface area contributed by atoms with Gasteiger partial charge >= 0.3 is 5.97 Å². The van der Waals surface area contributed by atoms with Gasteiger partial charge in [-0.15, -0.1) is 0 Å². The normalized spacial score (nSPS) is 12.2. The first-order valence-electron chi connectivity index (χ1n) is 4.31. The summed E-state index contributed by atoms with van der Waals surface area (Å²) in [4.78, 5) is 14.9. The summed E-state index contributed by atoms with van der Waals surface area (Å²) < 4.78 is 4.46. The summed E-state index contributed by atoms with van der Waals surface area (Å²) in [5.74, 6) is -0.442. The lowest BCUT2D eigenvalue weighted by atomic mass is 10.1. The van der Waals surface area contributed by atoms with Crippen LogP contribution in [0.3, 0.4) is 0 Å². The van der Waals surface area contributed by atoms with E-state index in [9.17, 15) is 9.90 Å². The van der Waals surface area contributed by atoms with E-state index >= 15 is 0 Å². The maximum Gasteiger partial charge on any atom is 0.308 e. The van der Waals surface area contributed by atoms with Gasteiger partial charge in [0, 0.05) is 6.20 Å². The molecule has 0 aliphatic heterocycles. The van der Waals surface area contributed by atoms with Gasteiger partial charge in [-0.2, -0.15) is 0 Å². The van der Waals surface area contributed by atoms with Gasteiger partial charge in [-0.1, -0.05) is 6.07 Å². The van der Waals surface area contributed by atoms with Gasteiger partial charge in [0.15, 0.2) is 0 Å². The van der Waals surface area contributed by atoms with Crippen LogP contribution in [0.4, 0.5) is 0 Å². The second-order valence-electron chi connectivity index (χ2n) is 3.00. The smallest absolute Gasteiger partial charge is 0.308 e. The van der Waals surface area contributed by atoms with Crippen molar-refractivity contribution in [3.8, 4) is 0 Å². The molecule has 1 heterocycles. The number of methoxy groups -OCH3 is 1. The van der Waals surface area contributed by atoms with Crippen LogP contribution < -0.4 is 0 Å². The highest BCUT2D eigenvalue weighted by molar-refractivity contribution is 5.70. The van der Waals surface area contributed by atoms with Gasteiger partial charge in [0.25, 0.3) is 0 Å². The van der Waals surface area contributed by atoms with Gasteiger partial charge in [0.1, 0.15) is 6.10 Å². The van der Waals surface area contributed by atoms with Gasteiger partial charge < -0.3 is 9.84 Å². The molecular weight excluding hydrogens is 182 g/mol. The molecule has 76 valence electrons. The second kappa shape index (κ2) is 4.72. The molecule has 1 N–H and O–H groups in total. The zero-order valence-electron chi connectivity index (χ0n) is 8.23. The molecule has 0 aliphatic rings. The molecule has 0 amide bonds. The lowest BCUT2D eigenvalue weighted by molar-refractivity contribution is -0.142. The van der Waals surface area contributed by atoms with E-state index in [4.69, 9.17) is 0 Å². The van der Waals surface area contributed by atoms with E-state index < -0.39 is 12.1 Å². The van der Waals surface area contributed by atoms with E-state index in [0.29, 0.717) is 5.69 Å². The van der Waals surface area contributed by atoms with Crippen LogP contribution in [0.2, 0.25) is 0 Å². The van der Waals surface area contributed by atoms with Crippen molar-refractivity contribution in [3.05, 3.63) is 29.6 Å². The van der Waals surface area contributed by atoms with Crippen molar-refractivity contribution in [2.75, 3.05) is 7.11 Å². The van der Waals surface area contributed by atoms with Gasteiger partial charge in [0.05, 0.1) is 19.2 Å². The van der Waals surface area contributed by atoms with Gasteiger partial charge in [-0.3, -0.25) is 9.78 Å². The largest absolute Gasteiger partial charge is 0.469 e. The van der Waals surface area contributed by atoms with Crippen LogP contribution in [0.1, 0.15) is 23.8 Å². The van der Waals surface area contributed by atoms with E-state index in [2.05, 4.69) is 9.72 Å². The predicted octanol–water partition coefficient (Wildman–Crippen LogP) is 0.987. The quantitative estimate of drug-likeness (QED) is 0.730. The first kappa shape index (κ1) is 10.7. The molecule has 0 aliphatic carbocycles. The summed E-state index contributed by atoms with van der Waals surface area (Å²) in [6.07, 6.45) is 0.639. The highest BCUT2D eigenvalue weighted by Crippen LogP contribution is 2.17. The molecular formula is C10H13NO3. The minimum Gasteiger partial charge on any atom is -0.469 e. The zero-order valence-corrected chi connectivity index (χ0v) is 8.23. The minimum atomic E-state index is -0.886. The SMILES string of the molecule is COC(=O)C[C@H](O)c1ncccc1C. The summed E-state index contributed by atoms with van der Waals surface area (Å²) in [5.41, 5.74) is 1.39. The predicted molar refractivity (Wildman–Crippen MR) is 50.6 cm³/mol. The van der Waals surface area contributed by atoms with Crippen molar-refractivity contribution in [2.24, 2.45) is 0 Å². The first-order chi connectivity index (χ1) is 6.65. The van der Waals surface area contributed by atoms with Crippen LogP contribution in [0.25, 0.3) is 0 Å².